The molecule has 2 unspecified atom stereocenters. The molecule has 2 aromatic heterocycles. The highest BCUT2D eigenvalue weighted by molar-refractivity contribution is 5.95. The highest BCUT2D eigenvalue weighted by Crippen LogP contribution is 2.27. The highest BCUT2D eigenvalue weighted by Gasteiger charge is 2.26. The maximum atomic E-state index is 12.0. The number of aromatic nitrogens is 2. The summed E-state index contributed by atoms with van der Waals surface area (Å²) in [5, 5.41) is 18.0. The van der Waals surface area contributed by atoms with Gasteiger partial charge in [-0.2, -0.15) is 0 Å². The molecule has 2 aliphatic heterocycles. The van der Waals surface area contributed by atoms with E-state index in [4.69, 9.17) is 4.74 Å². The number of allylic oxidation sites excluding steroid dienone is 2. The lowest BCUT2D eigenvalue weighted by atomic mass is 9.95. The summed E-state index contributed by atoms with van der Waals surface area (Å²) < 4.78 is 5.05. The molecule has 2 aliphatic rings. The second kappa shape index (κ2) is 9.82. The van der Waals surface area contributed by atoms with E-state index >= 15 is 0 Å². The van der Waals surface area contributed by atoms with Gasteiger partial charge in [-0.1, -0.05) is 26.8 Å². The summed E-state index contributed by atoms with van der Waals surface area (Å²) in [5.74, 6) is 0.365. The number of hydrogen-bond donors (Lipinski definition) is 3. The van der Waals surface area contributed by atoms with Gasteiger partial charge in [0, 0.05) is 34.9 Å². The van der Waals surface area contributed by atoms with Crippen LogP contribution in [0.5, 0.6) is 0 Å². The van der Waals surface area contributed by atoms with Crippen LogP contribution in [0.25, 0.3) is 16.3 Å². The zero-order valence-corrected chi connectivity index (χ0v) is 18.0. The van der Waals surface area contributed by atoms with Crippen LogP contribution >= 0.6 is 0 Å². The van der Waals surface area contributed by atoms with E-state index in [1.165, 1.54) is 0 Å². The number of nitrogens with zero attached hydrogens (tertiary/aromatic N) is 2. The maximum absolute atomic E-state index is 12.0. The highest BCUT2D eigenvalue weighted by atomic mass is 16.5. The molecule has 4 rings (SSSR count). The molecular formula is C23H30N4O3. The van der Waals surface area contributed by atoms with Crippen LogP contribution in [0.4, 0.5) is 5.82 Å². The molecule has 7 nitrogen and oxygen atoms in total. The van der Waals surface area contributed by atoms with Crippen LogP contribution in [0.2, 0.25) is 0 Å². The summed E-state index contributed by atoms with van der Waals surface area (Å²) in [6.07, 6.45) is 7.76. The minimum atomic E-state index is -0.415. The molecule has 3 N–H and O–H groups in total. The number of fused-ring (bicyclic) bond motifs is 1. The van der Waals surface area contributed by atoms with Gasteiger partial charge in [-0.05, 0) is 31.1 Å². The Morgan fingerprint density at radius 1 is 1.27 bits per heavy atom. The number of carbonyl (C=O) groups is 1. The average Bonchev–Trinajstić information content (AvgIpc) is 2.73. The van der Waals surface area contributed by atoms with Gasteiger partial charge >= 0.3 is 0 Å². The smallest absolute Gasteiger partial charge is 0.233 e. The van der Waals surface area contributed by atoms with Gasteiger partial charge < -0.3 is 20.5 Å². The van der Waals surface area contributed by atoms with E-state index in [1.807, 2.05) is 52.1 Å². The second-order valence-electron chi connectivity index (χ2n) is 7.29. The number of ether oxygens (including phenoxy) is 1. The van der Waals surface area contributed by atoms with Crippen molar-refractivity contribution in [2.24, 2.45) is 5.92 Å². The van der Waals surface area contributed by atoms with Crippen LogP contribution in [-0.2, 0) is 9.53 Å². The monoisotopic (exact) mass is 410 g/mol. The van der Waals surface area contributed by atoms with Gasteiger partial charge in [0.2, 0.25) is 5.91 Å². The number of nitrogens with one attached hydrogen (secondary N) is 2. The summed E-state index contributed by atoms with van der Waals surface area (Å²) in [5.41, 5.74) is 2.90. The third-order valence-electron chi connectivity index (χ3n) is 5.25. The van der Waals surface area contributed by atoms with Gasteiger partial charge in [0.05, 0.1) is 37.0 Å². The largest absolute Gasteiger partial charge is 0.391 e. The van der Waals surface area contributed by atoms with Crippen LogP contribution < -0.4 is 10.6 Å². The number of rotatable bonds is 5. The minimum absolute atomic E-state index is 0.0642. The summed E-state index contributed by atoms with van der Waals surface area (Å²) in [6, 6.07) is 3.73. The lowest BCUT2D eigenvalue weighted by Gasteiger charge is -2.25. The Balaban J connectivity index is 0.00000124. The Bertz CT molecular complexity index is 966. The Kier molecular flexibility index (Phi) is 7.18. The molecule has 0 saturated carbocycles. The standard InChI is InChI=1S/C21H24N4O3.C2H6/c1-3-19(26)18-4-12(2)16(9-23-18)17-5-13-8-24-20(6-14(13)7-22-17)25-21(27)15-10-28-11-15;1-2/h4-9,15,18-19,23,26H,3,10-11H2,1-2H3,(H,24,25,27);1-2H3. The van der Waals surface area contributed by atoms with Gasteiger partial charge in [-0.25, -0.2) is 4.98 Å². The summed E-state index contributed by atoms with van der Waals surface area (Å²) in [6.45, 7) is 8.92. The quantitative estimate of drug-likeness (QED) is 0.700. The van der Waals surface area contributed by atoms with Crippen molar-refractivity contribution in [3.05, 3.63) is 48.1 Å². The zero-order valence-electron chi connectivity index (χ0n) is 18.0. The molecule has 0 aromatic carbocycles. The van der Waals surface area contributed by atoms with Crippen molar-refractivity contribution in [2.75, 3.05) is 18.5 Å². The molecule has 2 atom stereocenters. The maximum Gasteiger partial charge on any atom is 0.233 e. The SMILES string of the molecule is CC.CCC(O)C1C=C(C)C(c2cc3cnc(NC(=O)C4COC4)cc3cn2)=CN1. The van der Waals surface area contributed by atoms with Gasteiger partial charge in [0.25, 0.3) is 0 Å². The number of aliphatic hydroxyl groups excluding tert-OH is 1. The third-order valence-corrected chi connectivity index (χ3v) is 5.25. The van der Waals surface area contributed by atoms with Crippen LogP contribution in [0.1, 0.15) is 39.8 Å². The molecule has 160 valence electrons. The van der Waals surface area contributed by atoms with Crippen molar-refractivity contribution in [1.29, 1.82) is 0 Å². The zero-order chi connectivity index (χ0) is 21.7. The number of dihydropyridines is 1. The summed E-state index contributed by atoms with van der Waals surface area (Å²) >= 11 is 0. The van der Waals surface area contributed by atoms with Gasteiger partial charge in [-0.15, -0.1) is 0 Å². The molecule has 1 amide bonds. The number of hydrogen-bond acceptors (Lipinski definition) is 6. The van der Waals surface area contributed by atoms with Crippen molar-refractivity contribution in [2.45, 2.75) is 46.3 Å². The van der Waals surface area contributed by atoms with Crippen LogP contribution in [0, 0.1) is 5.92 Å². The van der Waals surface area contributed by atoms with E-state index < -0.39 is 6.10 Å². The van der Waals surface area contributed by atoms with E-state index in [9.17, 15) is 9.90 Å². The molecule has 1 saturated heterocycles. The topological polar surface area (TPSA) is 96.4 Å². The van der Waals surface area contributed by atoms with Crippen molar-refractivity contribution in [3.63, 3.8) is 0 Å². The molecule has 1 fully saturated rings. The third kappa shape index (κ3) is 4.68. The van der Waals surface area contributed by atoms with E-state index in [-0.39, 0.29) is 17.9 Å². The summed E-state index contributed by atoms with van der Waals surface area (Å²) in [7, 11) is 0. The van der Waals surface area contributed by atoms with Crippen LogP contribution in [0.3, 0.4) is 0 Å². The Morgan fingerprint density at radius 2 is 1.97 bits per heavy atom. The lowest BCUT2D eigenvalue weighted by Crippen LogP contribution is -2.38. The Labute approximate surface area is 177 Å². The lowest BCUT2D eigenvalue weighted by molar-refractivity contribution is -0.133. The fraction of sp³-hybridized carbons (Fsp3) is 0.435. The van der Waals surface area contributed by atoms with Crippen LogP contribution in [0.15, 0.2) is 42.4 Å². The number of aliphatic hydroxyl groups is 1. The first-order valence-electron chi connectivity index (χ1n) is 10.5. The first kappa shape index (κ1) is 21.9. The Morgan fingerprint density at radius 3 is 2.60 bits per heavy atom. The van der Waals surface area contributed by atoms with E-state index in [1.54, 1.807) is 12.4 Å². The van der Waals surface area contributed by atoms with Crippen molar-refractivity contribution in [3.8, 4) is 0 Å². The van der Waals surface area contributed by atoms with Crippen molar-refractivity contribution < 1.29 is 14.6 Å². The molecule has 30 heavy (non-hydrogen) atoms. The molecule has 4 heterocycles. The molecule has 7 heteroatoms. The molecule has 2 aromatic rings. The Hall–Kier alpha value is -2.77. The van der Waals surface area contributed by atoms with Gasteiger partial charge in [0.15, 0.2) is 0 Å². The number of anilines is 1. The summed E-state index contributed by atoms with van der Waals surface area (Å²) in [4.78, 5) is 21.0. The fourth-order valence-electron chi connectivity index (χ4n) is 3.32. The molecule has 0 radical (unpaired) electrons. The molecular weight excluding hydrogens is 380 g/mol. The molecule has 0 spiro atoms. The van der Waals surface area contributed by atoms with Crippen molar-refractivity contribution in [1.82, 2.24) is 15.3 Å². The number of amides is 1. The normalized spacial score (nSPS) is 19.4. The van der Waals surface area contributed by atoms with E-state index in [0.717, 1.165) is 27.6 Å². The number of carbonyl (C=O) groups excluding carboxylic acids is 1. The van der Waals surface area contributed by atoms with E-state index in [2.05, 4.69) is 20.6 Å². The molecule has 0 aliphatic carbocycles. The van der Waals surface area contributed by atoms with Crippen molar-refractivity contribution >= 4 is 28.1 Å². The molecule has 0 bridgehead atoms. The minimum Gasteiger partial charge on any atom is -0.391 e. The van der Waals surface area contributed by atoms with E-state index in [0.29, 0.717) is 25.5 Å². The fourth-order valence-corrected chi connectivity index (χ4v) is 3.32. The predicted octanol–water partition coefficient (Wildman–Crippen LogP) is 3.27. The first-order chi connectivity index (χ1) is 14.5. The second-order valence-corrected chi connectivity index (χ2v) is 7.29. The van der Waals surface area contributed by atoms with Crippen LogP contribution in [-0.4, -0.2) is 46.3 Å². The average molecular weight is 411 g/mol. The van der Waals surface area contributed by atoms with Gasteiger partial charge in [-0.3, -0.25) is 9.78 Å². The first-order valence-corrected chi connectivity index (χ1v) is 10.5. The van der Waals surface area contributed by atoms with Gasteiger partial charge in [0.1, 0.15) is 5.82 Å². The number of pyridine rings is 2. The predicted molar refractivity (Wildman–Crippen MR) is 119 cm³/mol.